The summed E-state index contributed by atoms with van der Waals surface area (Å²) < 4.78 is 78.0. The fourth-order valence-electron chi connectivity index (χ4n) is 7.16. The molecule has 4 heterocycles. The predicted octanol–water partition coefficient (Wildman–Crippen LogP) is -10.7. The molecule has 5 fully saturated rings. The Balaban J connectivity index is 0.00000135. The first-order valence-corrected chi connectivity index (χ1v) is 19.3. The van der Waals surface area contributed by atoms with E-state index in [0.29, 0.717) is 0 Å². The van der Waals surface area contributed by atoms with Crippen molar-refractivity contribution in [2.75, 3.05) is 26.4 Å². The molecule has 4 saturated heterocycles. The van der Waals surface area contributed by atoms with Crippen LogP contribution in [-0.4, -0.2) is 236 Å². The summed E-state index contributed by atoms with van der Waals surface area (Å²) in [6.45, 7) is -2.26. The van der Waals surface area contributed by atoms with Gasteiger partial charge in [0, 0.05) is 18.6 Å². The van der Waals surface area contributed by atoms with Gasteiger partial charge >= 0.3 is 10.4 Å². The average Bonchev–Trinajstić information content (AvgIpc) is 3.44. The number of ether oxygens (including phenoxy) is 8. The largest absolute Gasteiger partial charge is 0.394 e. The summed E-state index contributed by atoms with van der Waals surface area (Å²) in [4.78, 5) is 0. The third-order valence-electron chi connectivity index (χ3n) is 10.3. The molecular weight excluding hydrogens is 802 g/mol. The zero-order valence-electron chi connectivity index (χ0n) is 30.3. The highest BCUT2D eigenvalue weighted by Crippen LogP contribution is 2.35. The summed E-state index contributed by atoms with van der Waals surface area (Å²) in [5.74, 6) is 0. The monoisotopic (exact) mass is 859 g/mol. The molecule has 0 aromatic carbocycles. The molecule has 23 atom stereocenters. The molecule has 5 aliphatic rings. The van der Waals surface area contributed by atoms with E-state index in [-0.39, 0.29) is 19.4 Å². The second kappa shape index (κ2) is 20.7. The van der Waals surface area contributed by atoms with Crippen LogP contribution in [0.2, 0.25) is 0 Å². The van der Waals surface area contributed by atoms with Crippen molar-refractivity contribution in [3.8, 4) is 0 Å². The van der Waals surface area contributed by atoms with Gasteiger partial charge in [-0.15, -0.1) is 0 Å². The number of rotatable bonds is 12. The minimum atomic E-state index is -4.67. The lowest BCUT2D eigenvalue weighted by Crippen LogP contribution is -2.67. The Kier molecular flexibility index (Phi) is 17.6. The minimum Gasteiger partial charge on any atom is -0.394 e. The Hall–Kier alpha value is -1.05. The summed E-state index contributed by atoms with van der Waals surface area (Å²) in [6, 6.07) is -4.01. The van der Waals surface area contributed by atoms with Gasteiger partial charge in [0.2, 0.25) is 0 Å². The molecule has 0 spiro atoms. The molecule has 22 N–H and O–H groups in total. The van der Waals surface area contributed by atoms with E-state index in [4.69, 9.17) is 84.1 Å². The molecule has 4 aliphatic heterocycles. The van der Waals surface area contributed by atoms with Gasteiger partial charge in [-0.05, 0) is 12.8 Å². The molecular formula is C29H57N5O22S. The number of hydrogen-bond donors (Lipinski definition) is 17. The molecule has 5 rings (SSSR count). The van der Waals surface area contributed by atoms with Crippen LogP contribution >= 0.6 is 0 Å². The molecule has 57 heavy (non-hydrogen) atoms. The molecule has 0 amide bonds. The number of hydrogen-bond acceptors (Lipinski definition) is 25. The fourth-order valence-corrected chi connectivity index (χ4v) is 7.16. The summed E-state index contributed by atoms with van der Waals surface area (Å²) in [6.07, 6.45) is -26.9. The maximum Gasteiger partial charge on any atom is 0.394 e. The summed E-state index contributed by atoms with van der Waals surface area (Å²) >= 11 is 0. The Labute approximate surface area is 325 Å². The van der Waals surface area contributed by atoms with Gasteiger partial charge in [-0.1, -0.05) is 0 Å². The van der Waals surface area contributed by atoms with Crippen LogP contribution in [0, 0.1) is 0 Å². The van der Waals surface area contributed by atoms with Crippen LogP contribution in [0.3, 0.4) is 0 Å². The van der Waals surface area contributed by atoms with Crippen LogP contribution in [0.1, 0.15) is 12.8 Å². The number of aliphatic hydroxyl groups excluding tert-OH is 10. The second-order valence-electron chi connectivity index (χ2n) is 14.4. The van der Waals surface area contributed by atoms with Crippen molar-refractivity contribution >= 4 is 10.4 Å². The molecule has 0 aromatic heterocycles. The van der Waals surface area contributed by atoms with Crippen LogP contribution in [0.5, 0.6) is 0 Å². The zero-order valence-corrected chi connectivity index (χ0v) is 31.1. The maximum atomic E-state index is 11.4. The van der Waals surface area contributed by atoms with Gasteiger partial charge in [-0.3, -0.25) is 9.11 Å². The molecule has 28 heteroatoms. The number of nitrogens with two attached hydrogens (primary N) is 5. The molecule has 1 aliphatic carbocycles. The van der Waals surface area contributed by atoms with Crippen molar-refractivity contribution in [3.63, 3.8) is 0 Å². The van der Waals surface area contributed by atoms with Crippen molar-refractivity contribution < 1.29 is 106 Å². The average molecular weight is 860 g/mol. The third-order valence-corrected chi connectivity index (χ3v) is 10.3. The van der Waals surface area contributed by atoms with Gasteiger partial charge in [-0.2, -0.15) is 8.42 Å². The van der Waals surface area contributed by atoms with Crippen LogP contribution in [-0.2, 0) is 48.3 Å². The van der Waals surface area contributed by atoms with Crippen molar-refractivity contribution in [1.29, 1.82) is 0 Å². The van der Waals surface area contributed by atoms with E-state index < -0.39 is 171 Å². The Bertz CT molecular complexity index is 1340. The van der Waals surface area contributed by atoms with E-state index >= 15 is 0 Å². The quantitative estimate of drug-likeness (QED) is 0.0810. The topological polar surface area (TPSA) is 481 Å². The number of aliphatic hydroxyl groups is 10. The smallest absolute Gasteiger partial charge is 0.394 e. The highest BCUT2D eigenvalue weighted by Gasteiger charge is 2.55. The molecule has 0 radical (unpaired) electrons. The summed E-state index contributed by atoms with van der Waals surface area (Å²) in [5.41, 5.74) is 30.8. The summed E-state index contributed by atoms with van der Waals surface area (Å²) in [5, 5.41) is 104. The predicted molar refractivity (Wildman–Crippen MR) is 182 cm³/mol. The van der Waals surface area contributed by atoms with Gasteiger partial charge in [0.1, 0.15) is 79.4 Å². The Morgan fingerprint density at radius 2 is 0.965 bits per heavy atom. The van der Waals surface area contributed by atoms with Crippen molar-refractivity contribution in [3.05, 3.63) is 0 Å². The van der Waals surface area contributed by atoms with Crippen LogP contribution in [0.25, 0.3) is 0 Å². The molecule has 1 saturated carbocycles. The standard InChI is InChI=1S/C29H55N5O18.H2O4S/c30-3-11-23(51-28-20(43)19(42)17(40)13(5-36)47-28)18(41)15(34)27(45-11)50-24-14(6-37)48-29(21(24)44)52-25-16(39)7(31)1-8(32)22(25)49-26-9(33)2-10(38)12(4-35)46-26;1-5(2,3)4/h7-29,35-44H,1-6,30-34H2;(H2,1,2,3,4)/t7-,8+,9+,10-,11-,12+,13+,14+,15+,16+,17+,18+,19-,20-,21+,22-,23+,24+,25-,26+,27+,28+,29-;/m0./s1. The van der Waals surface area contributed by atoms with Crippen molar-refractivity contribution in [2.24, 2.45) is 28.7 Å². The highest BCUT2D eigenvalue weighted by atomic mass is 32.3. The first-order chi connectivity index (χ1) is 26.6. The van der Waals surface area contributed by atoms with Gasteiger partial charge in [0.15, 0.2) is 25.2 Å². The lowest BCUT2D eigenvalue weighted by molar-refractivity contribution is -0.348. The normalized spacial score (nSPS) is 49.6. The van der Waals surface area contributed by atoms with Crippen molar-refractivity contribution in [1.82, 2.24) is 0 Å². The first-order valence-electron chi connectivity index (χ1n) is 17.9. The van der Waals surface area contributed by atoms with E-state index in [9.17, 15) is 51.1 Å². The fraction of sp³-hybridized carbons (Fsp3) is 1.00. The zero-order chi connectivity index (χ0) is 42.7. The van der Waals surface area contributed by atoms with E-state index in [0.717, 1.165) is 0 Å². The summed E-state index contributed by atoms with van der Waals surface area (Å²) in [7, 11) is -4.67. The highest BCUT2D eigenvalue weighted by molar-refractivity contribution is 7.79. The lowest BCUT2D eigenvalue weighted by Gasteiger charge is -2.47. The second-order valence-corrected chi connectivity index (χ2v) is 15.3. The molecule has 0 bridgehead atoms. The molecule has 0 aromatic rings. The van der Waals surface area contributed by atoms with E-state index in [2.05, 4.69) is 0 Å². The van der Waals surface area contributed by atoms with Gasteiger partial charge in [0.25, 0.3) is 0 Å². The lowest BCUT2D eigenvalue weighted by atomic mass is 9.84. The van der Waals surface area contributed by atoms with Crippen molar-refractivity contribution in [2.45, 2.75) is 154 Å². The SMILES string of the molecule is NC[C@@H]1O[C@H](O[C@H]2[C@@H](O)[C@H](O[C@H]3[C@H](O)[C@@H](N)C[C@@H](N)[C@@H]3O[C@H]3O[C@H](CO)[C@@H](O)C[C@H]3N)O[C@@H]2CO)[C@H](N)[C@@H](O)[C@@H]1O[C@H]1O[C@H](CO)[C@@H](O)[C@H](O)[C@@H]1O.O=S(=O)(O)O. The van der Waals surface area contributed by atoms with Crippen LogP contribution < -0.4 is 28.7 Å². The Morgan fingerprint density at radius 1 is 0.491 bits per heavy atom. The molecule has 27 nitrogen and oxygen atoms in total. The van der Waals surface area contributed by atoms with Gasteiger partial charge in [-0.25, -0.2) is 0 Å². The third kappa shape index (κ3) is 11.7. The van der Waals surface area contributed by atoms with E-state index in [1.165, 1.54) is 0 Å². The van der Waals surface area contributed by atoms with Crippen LogP contribution in [0.15, 0.2) is 0 Å². The first kappa shape index (κ1) is 48.6. The van der Waals surface area contributed by atoms with Gasteiger partial charge in [0.05, 0.1) is 44.1 Å². The maximum absolute atomic E-state index is 11.4. The van der Waals surface area contributed by atoms with Crippen LogP contribution in [0.4, 0.5) is 0 Å². The van der Waals surface area contributed by atoms with Gasteiger partial charge < -0.3 is 118 Å². The Morgan fingerprint density at radius 3 is 1.54 bits per heavy atom. The van der Waals surface area contributed by atoms with E-state index in [1.54, 1.807) is 0 Å². The van der Waals surface area contributed by atoms with E-state index in [1.807, 2.05) is 0 Å². The minimum absolute atomic E-state index is 0.0266. The molecule has 336 valence electrons. The molecule has 0 unspecified atom stereocenters.